The van der Waals surface area contributed by atoms with Crippen LogP contribution >= 0.6 is 11.3 Å². The molecule has 5 rings (SSSR count). The highest BCUT2D eigenvalue weighted by Gasteiger charge is 2.45. The number of aryl methyl sites for hydroxylation is 1. The van der Waals surface area contributed by atoms with Crippen molar-refractivity contribution in [3.63, 3.8) is 0 Å². The first-order chi connectivity index (χ1) is 16.5. The molecule has 5 nitrogen and oxygen atoms in total. The van der Waals surface area contributed by atoms with Gasteiger partial charge in [0.25, 0.3) is 5.91 Å². The first kappa shape index (κ1) is 21.7. The minimum absolute atomic E-state index is 0.0609. The van der Waals surface area contributed by atoms with Gasteiger partial charge in [0.1, 0.15) is 11.5 Å². The Morgan fingerprint density at radius 2 is 1.68 bits per heavy atom. The van der Waals surface area contributed by atoms with Gasteiger partial charge in [-0.1, -0.05) is 48.5 Å². The van der Waals surface area contributed by atoms with Gasteiger partial charge in [-0.3, -0.25) is 14.5 Å². The first-order valence-corrected chi connectivity index (χ1v) is 11.7. The van der Waals surface area contributed by atoms with Crippen LogP contribution in [-0.2, 0) is 4.79 Å². The van der Waals surface area contributed by atoms with E-state index in [-0.39, 0.29) is 11.4 Å². The fourth-order valence-electron chi connectivity index (χ4n) is 4.11. The molecule has 2 heterocycles. The number of carbonyl (C=O) groups excluding carboxylic acids is 2. The van der Waals surface area contributed by atoms with Crippen LogP contribution in [0.5, 0.6) is 11.5 Å². The van der Waals surface area contributed by atoms with Gasteiger partial charge in [0.2, 0.25) is 5.78 Å². The van der Waals surface area contributed by atoms with Crippen molar-refractivity contribution >= 4 is 28.7 Å². The summed E-state index contributed by atoms with van der Waals surface area (Å²) in [4.78, 5) is 28.7. The molecule has 1 aliphatic rings. The molecule has 0 saturated heterocycles. The molecule has 0 bridgehead atoms. The molecule has 6 heteroatoms. The van der Waals surface area contributed by atoms with E-state index in [1.54, 1.807) is 29.6 Å². The van der Waals surface area contributed by atoms with E-state index in [1.165, 1.54) is 16.2 Å². The number of hydrogen-bond donors (Lipinski definition) is 1. The Morgan fingerprint density at radius 3 is 2.41 bits per heavy atom. The van der Waals surface area contributed by atoms with Crippen molar-refractivity contribution in [3.8, 4) is 11.5 Å². The maximum Gasteiger partial charge on any atom is 0.294 e. The predicted octanol–water partition coefficient (Wildman–Crippen LogP) is 6.63. The molecule has 0 saturated carbocycles. The summed E-state index contributed by atoms with van der Waals surface area (Å²) in [5.41, 5.74) is 2.28. The fourth-order valence-corrected chi connectivity index (χ4v) is 4.79. The van der Waals surface area contributed by atoms with Gasteiger partial charge in [0, 0.05) is 5.69 Å². The van der Waals surface area contributed by atoms with Crippen LogP contribution in [0.3, 0.4) is 0 Å². The molecule has 4 aromatic rings. The third-order valence-corrected chi connectivity index (χ3v) is 6.50. The summed E-state index contributed by atoms with van der Waals surface area (Å²) < 4.78 is 6.00. The van der Waals surface area contributed by atoms with Gasteiger partial charge in [-0.15, -0.1) is 11.3 Å². The van der Waals surface area contributed by atoms with Crippen LogP contribution in [0, 0.1) is 6.92 Å². The number of para-hydroxylation sites is 1. The molecule has 1 aromatic heterocycles. The van der Waals surface area contributed by atoms with Gasteiger partial charge in [0.05, 0.1) is 16.5 Å². The van der Waals surface area contributed by atoms with E-state index < -0.39 is 17.7 Å². The van der Waals surface area contributed by atoms with E-state index in [0.717, 1.165) is 5.56 Å². The number of carbonyl (C=O) groups is 2. The Morgan fingerprint density at radius 1 is 0.912 bits per heavy atom. The monoisotopic (exact) mass is 467 g/mol. The van der Waals surface area contributed by atoms with E-state index >= 15 is 0 Å². The topological polar surface area (TPSA) is 66.8 Å². The molecule has 1 aliphatic heterocycles. The average Bonchev–Trinajstić information content (AvgIpc) is 3.47. The van der Waals surface area contributed by atoms with Crippen molar-refractivity contribution in [1.82, 2.24) is 0 Å². The molecule has 0 spiro atoms. The van der Waals surface area contributed by atoms with E-state index in [9.17, 15) is 14.7 Å². The minimum atomic E-state index is -0.803. The summed E-state index contributed by atoms with van der Waals surface area (Å²) in [6.45, 7) is 1.93. The molecule has 0 fully saturated rings. The maximum atomic E-state index is 13.4. The van der Waals surface area contributed by atoms with E-state index in [0.29, 0.717) is 27.6 Å². The van der Waals surface area contributed by atoms with Crippen molar-refractivity contribution in [1.29, 1.82) is 0 Å². The summed E-state index contributed by atoms with van der Waals surface area (Å²) in [6.07, 6.45) is 0. The van der Waals surface area contributed by atoms with Crippen LogP contribution in [0.4, 0.5) is 5.69 Å². The molecule has 34 heavy (non-hydrogen) atoms. The molecule has 1 N–H and O–H groups in total. The first-order valence-electron chi connectivity index (χ1n) is 10.8. The van der Waals surface area contributed by atoms with E-state index in [1.807, 2.05) is 73.7 Å². The van der Waals surface area contributed by atoms with Gasteiger partial charge < -0.3 is 9.84 Å². The lowest BCUT2D eigenvalue weighted by atomic mass is 9.95. The SMILES string of the molecule is Cc1cccc(N2C(=O)C(O)=C(C(=O)c3cccs3)C2c2cccc(Oc3ccccc3)c2)c1. The molecule has 1 amide bonds. The number of aliphatic hydroxyl groups is 1. The highest BCUT2D eigenvalue weighted by Crippen LogP contribution is 2.43. The Hall–Kier alpha value is -4.16. The normalized spacial score (nSPS) is 15.6. The summed E-state index contributed by atoms with van der Waals surface area (Å²) >= 11 is 1.27. The Kier molecular flexibility index (Phi) is 5.74. The number of nitrogens with zero attached hydrogens (tertiary/aromatic N) is 1. The highest BCUT2D eigenvalue weighted by molar-refractivity contribution is 7.12. The van der Waals surface area contributed by atoms with Crippen molar-refractivity contribution in [2.24, 2.45) is 0 Å². The molecular formula is C28H21NO4S. The molecular weight excluding hydrogens is 446 g/mol. The lowest BCUT2D eigenvalue weighted by Crippen LogP contribution is -2.31. The second kappa shape index (κ2) is 9.00. The average molecular weight is 468 g/mol. The fraction of sp³-hybridized carbons (Fsp3) is 0.0714. The number of thiophene rings is 1. The number of anilines is 1. The van der Waals surface area contributed by atoms with E-state index in [4.69, 9.17) is 4.74 Å². The number of ether oxygens (including phenoxy) is 1. The standard InChI is InChI=1S/C28H21NO4S/c1-18-8-5-10-20(16-18)29-25(24(27(31)28(29)32)26(30)23-14-7-15-34-23)19-9-6-13-22(17-19)33-21-11-3-2-4-12-21/h2-17,25,31H,1H3. The van der Waals surface area contributed by atoms with Crippen LogP contribution < -0.4 is 9.64 Å². The van der Waals surface area contributed by atoms with Gasteiger partial charge in [0.15, 0.2) is 5.76 Å². The summed E-state index contributed by atoms with van der Waals surface area (Å²) in [7, 11) is 0. The molecule has 168 valence electrons. The highest BCUT2D eigenvalue weighted by atomic mass is 32.1. The van der Waals surface area contributed by atoms with Crippen molar-refractivity contribution in [2.75, 3.05) is 4.90 Å². The molecule has 1 unspecified atom stereocenters. The van der Waals surface area contributed by atoms with Crippen LogP contribution in [-0.4, -0.2) is 16.8 Å². The third kappa shape index (κ3) is 4.00. The van der Waals surface area contributed by atoms with Crippen molar-refractivity contribution in [3.05, 3.63) is 124 Å². The van der Waals surface area contributed by atoms with Crippen LogP contribution in [0.1, 0.15) is 26.8 Å². The second-order valence-corrected chi connectivity index (χ2v) is 8.92. The lowest BCUT2D eigenvalue weighted by Gasteiger charge is -2.27. The molecule has 0 radical (unpaired) electrons. The smallest absolute Gasteiger partial charge is 0.294 e. The van der Waals surface area contributed by atoms with Gasteiger partial charge in [-0.2, -0.15) is 0 Å². The lowest BCUT2D eigenvalue weighted by molar-refractivity contribution is -0.117. The molecule has 1 atom stereocenters. The number of aliphatic hydroxyl groups excluding tert-OH is 1. The summed E-state index contributed by atoms with van der Waals surface area (Å²) in [6, 6.07) is 26.7. The molecule has 3 aromatic carbocycles. The van der Waals surface area contributed by atoms with Crippen LogP contribution in [0.2, 0.25) is 0 Å². The second-order valence-electron chi connectivity index (χ2n) is 7.97. The van der Waals surface area contributed by atoms with E-state index in [2.05, 4.69) is 0 Å². The van der Waals surface area contributed by atoms with Crippen LogP contribution in [0.25, 0.3) is 0 Å². The predicted molar refractivity (Wildman–Crippen MR) is 133 cm³/mol. The van der Waals surface area contributed by atoms with Crippen LogP contribution in [0.15, 0.2) is 108 Å². The number of amides is 1. The number of hydrogen-bond acceptors (Lipinski definition) is 5. The zero-order chi connectivity index (χ0) is 23.7. The van der Waals surface area contributed by atoms with Crippen molar-refractivity contribution < 1.29 is 19.4 Å². The number of benzene rings is 3. The third-order valence-electron chi connectivity index (χ3n) is 5.63. The van der Waals surface area contributed by atoms with Gasteiger partial charge in [-0.05, 0) is 65.9 Å². The van der Waals surface area contributed by atoms with Gasteiger partial charge in [-0.25, -0.2) is 0 Å². The summed E-state index contributed by atoms with van der Waals surface area (Å²) in [5.74, 6) is -0.264. The van der Waals surface area contributed by atoms with Crippen molar-refractivity contribution in [2.45, 2.75) is 13.0 Å². The number of Topliss-reactive ketones (excluding diaryl/α,β-unsaturated/α-hetero) is 1. The Balaban J connectivity index is 1.62. The largest absolute Gasteiger partial charge is 0.503 e. The summed E-state index contributed by atoms with van der Waals surface area (Å²) in [5, 5.41) is 12.7. The zero-order valence-electron chi connectivity index (χ0n) is 18.3. The molecule has 0 aliphatic carbocycles. The number of rotatable bonds is 6. The minimum Gasteiger partial charge on any atom is -0.503 e. The zero-order valence-corrected chi connectivity index (χ0v) is 19.2. The Labute approximate surface area is 201 Å². The number of ketones is 1. The maximum absolute atomic E-state index is 13.4. The quantitative estimate of drug-likeness (QED) is 0.323. The van der Waals surface area contributed by atoms with Gasteiger partial charge >= 0.3 is 0 Å². The Bertz CT molecular complexity index is 1390.